The molecule has 2 N–H and O–H groups in total. The molecule has 0 bridgehead atoms. The van der Waals surface area contributed by atoms with Crippen LogP contribution >= 0.6 is 0 Å². The van der Waals surface area contributed by atoms with Gasteiger partial charge in [0, 0.05) is 19.8 Å². The van der Waals surface area contributed by atoms with Crippen LogP contribution < -0.4 is 10.6 Å². The Morgan fingerprint density at radius 2 is 1.73 bits per heavy atom. The SMILES string of the molecule is CN=C(NCc1ccc(COCC(F)(F)F)cc1)NCc1ccccn1. The Bertz CT molecular complexity index is 688. The number of nitrogens with zero attached hydrogens (tertiary/aromatic N) is 2. The number of rotatable bonds is 7. The number of alkyl halides is 3. The summed E-state index contributed by atoms with van der Waals surface area (Å²) < 4.78 is 40.8. The summed E-state index contributed by atoms with van der Waals surface area (Å²) in [5.41, 5.74) is 2.57. The highest BCUT2D eigenvalue weighted by Gasteiger charge is 2.27. The molecule has 2 aromatic rings. The van der Waals surface area contributed by atoms with Crippen LogP contribution in [0.15, 0.2) is 53.7 Å². The third-order valence-electron chi connectivity index (χ3n) is 3.40. The minimum absolute atomic E-state index is 0.0689. The number of aliphatic imine (C=N–C) groups is 1. The summed E-state index contributed by atoms with van der Waals surface area (Å²) in [5.74, 6) is 0.633. The number of pyridine rings is 1. The molecule has 0 saturated carbocycles. The first-order valence-corrected chi connectivity index (χ1v) is 8.03. The van der Waals surface area contributed by atoms with Gasteiger partial charge in [-0.1, -0.05) is 30.3 Å². The lowest BCUT2D eigenvalue weighted by Crippen LogP contribution is -2.36. The number of halogens is 3. The van der Waals surface area contributed by atoms with Gasteiger partial charge in [-0.3, -0.25) is 9.98 Å². The number of hydrogen-bond donors (Lipinski definition) is 2. The molecule has 0 radical (unpaired) electrons. The van der Waals surface area contributed by atoms with E-state index in [0.29, 0.717) is 24.6 Å². The third kappa shape index (κ3) is 7.52. The maximum Gasteiger partial charge on any atom is 0.411 e. The first kappa shape index (κ1) is 19.7. The van der Waals surface area contributed by atoms with Gasteiger partial charge in [-0.05, 0) is 23.3 Å². The van der Waals surface area contributed by atoms with Crippen LogP contribution in [0, 0.1) is 0 Å². The summed E-state index contributed by atoms with van der Waals surface area (Å²) in [6.07, 6.45) is -2.57. The van der Waals surface area contributed by atoms with Gasteiger partial charge in [-0.2, -0.15) is 13.2 Å². The van der Waals surface area contributed by atoms with Crippen LogP contribution in [0.5, 0.6) is 0 Å². The van der Waals surface area contributed by atoms with Gasteiger partial charge >= 0.3 is 6.18 Å². The van der Waals surface area contributed by atoms with Gasteiger partial charge < -0.3 is 15.4 Å². The number of hydrogen-bond acceptors (Lipinski definition) is 3. The van der Waals surface area contributed by atoms with Crippen molar-refractivity contribution in [3.05, 3.63) is 65.5 Å². The van der Waals surface area contributed by atoms with E-state index in [1.807, 2.05) is 30.3 Å². The minimum atomic E-state index is -4.30. The minimum Gasteiger partial charge on any atom is -0.367 e. The van der Waals surface area contributed by atoms with E-state index < -0.39 is 12.8 Å². The van der Waals surface area contributed by atoms with Crippen LogP contribution in [0.3, 0.4) is 0 Å². The molecule has 2 rings (SSSR count). The summed E-state index contributed by atoms with van der Waals surface area (Å²) in [6.45, 7) is -0.226. The Morgan fingerprint density at radius 1 is 1.04 bits per heavy atom. The lowest BCUT2D eigenvalue weighted by atomic mass is 10.1. The molecular formula is C18H21F3N4O. The van der Waals surface area contributed by atoms with Crippen molar-refractivity contribution in [2.24, 2.45) is 4.99 Å². The van der Waals surface area contributed by atoms with Crippen molar-refractivity contribution < 1.29 is 17.9 Å². The number of benzene rings is 1. The van der Waals surface area contributed by atoms with E-state index in [1.54, 1.807) is 25.4 Å². The van der Waals surface area contributed by atoms with E-state index in [0.717, 1.165) is 11.3 Å². The van der Waals surface area contributed by atoms with Crippen molar-refractivity contribution in [3.63, 3.8) is 0 Å². The third-order valence-corrected chi connectivity index (χ3v) is 3.40. The zero-order chi connectivity index (χ0) is 18.8. The maximum absolute atomic E-state index is 12.0. The molecule has 0 fully saturated rings. The molecule has 26 heavy (non-hydrogen) atoms. The number of aromatic nitrogens is 1. The molecule has 8 heteroatoms. The van der Waals surface area contributed by atoms with Crippen LogP contribution in [0.4, 0.5) is 13.2 Å². The summed E-state index contributed by atoms with van der Waals surface area (Å²) in [6, 6.07) is 12.9. The smallest absolute Gasteiger partial charge is 0.367 e. The predicted molar refractivity (Wildman–Crippen MR) is 93.4 cm³/mol. The van der Waals surface area contributed by atoms with E-state index in [9.17, 15) is 13.2 Å². The Morgan fingerprint density at radius 3 is 2.35 bits per heavy atom. The lowest BCUT2D eigenvalue weighted by molar-refractivity contribution is -0.176. The predicted octanol–water partition coefficient (Wildman–Crippen LogP) is 3.03. The summed E-state index contributed by atoms with van der Waals surface area (Å²) in [4.78, 5) is 8.36. The highest BCUT2D eigenvalue weighted by atomic mass is 19.4. The van der Waals surface area contributed by atoms with Crippen LogP contribution in [-0.2, 0) is 24.4 Å². The zero-order valence-corrected chi connectivity index (χ0v) is 14.4. The molecule has 5 nitrogen and oxygen atoms in total. The van der Waals surface area contributed by atoms with Gasteiger partial charge in [0.1, 0.15) is 6.61 Å². The molecule has 0 unspecified atom stereocenters. The fourth-order valence-electron chi connectivity index (χ4n) is 2.12. The lowest BCUT2D eigenvalue weighted by Gasteiger charge is -2.12. The molecule has 0 amide bonds. The summed E-state index contributed by atoms with van der Waals surface area (Å²) in [5, 5.41) is 6.33. The second-order valence-electron chi connectivity index (χ2n) is 5.52. The van der Waals surface area contributed by atoms with E-state index >= 15 is 0 Å². The van der Waals surface area contributed by atoms with E-state index in [4.69, 9.17) is 0 Å². The van der Waals surface area contributed by atoms with Gasteiger partial charge in [0.05, 0.1) is 18.8 Å². The van der Waals surface area contributed by atoms with Gasteiger partial charge in [0.15, 0.2) is 5.96 Å². The molecular weight excluding hydrogens is 345 g/mol. The molecule has 1 heterocycles. The average Bonchev–Trinajstić information content (AvgIpc) is 2.63. The Labute approximate surface area is 150 Å². The summed E-state index contributed by atoms with van der Waals surface area (Å²) >= 11 is 0. The van der Waals surface area contributed by atoms with Gasteiger partial charge in [0.25, 0.3) is 0 Å². The molecule has 1 aromatic carbocycles. The van der Waals surface area contributed by atoms with E-state index in [2.05, 4.69) is 25.3 Å². The quantitative estimate of drug-likeness (QED) is 0.584. The standard InChI is InChI=1S/C18H21F3N4O/c1-22-17(25-11-16-4-2-3-9-23-16)24-10-14-5-7-15(8-6-14)12-26-13-18(19,20)21/h2-9H,10-13H2,1H3,(H2,22,24,25). The average molecular weight is 366 g/mol. The molecule has 0 saturated heterocycles. The van der Waals surface area contributed by atoms with E-state index in [1.165, 1.54) is 0 Å². The van der Waals surface area contributed by atoms with Crippen molar-refractivity contribution in [1.82, 2.24) is 15.6 Å². The van der Waals surface area contributed by atoms with Crippen LogP contribution in [-0.4, -0.2) is 30.8 Å². The maximum atomic E-state index is 12.0. The first-order valence-electron chi connectivity index (χ1n) is 8.03. The number of ether oxygens (including phenoxy) is 1. The van der Waals surface area contributed by atoms with Crippen LogP contribution in [0.2, 0.25) is 0 Å². The highest BCUT2D eigenvalue weighted by molar-refractivity contribution is 5.79. The van der Waals surface area contributed by atoms with Crippen LogP contribution in [0.25, 0.3) is 0 Å². The van der Waals surface area contributed by atoms with Crippen molar-refractivity contribution in [3.8, 4) is 0 Å². The van der Waals surface area contributed by atoms with Crippen molar-refractivity contribution in [1.29, 1.82) is 0 Å². The van der Waals surface area contributed by atoms with Crippen molar-refractivity contribution >= 4 is 5.96 Å². The molecule has 1 aromatic heterocycles. The largest absolute Gasteiger partial charge is 0.411 e. The molecule has 140 valence electrons. The molecule has 0 aliphatic carbocycles. The molecule has 0 aliphatic rings. The van der Waals surface area contributed by atoms with Gasteiger partial charge in [-0.15, -0.1) is 0 Å². The Kier molecular flexibility index (Phi) is 7.40. The second kappa shape index (κ2) is 9.76. The second-order valence-corrected chi connectivity index (χ2v) is 5.52. The van der Waals surface area contributed by atoms with Crippen LogP contribution in [0.1, 0.15) is 16.8 Å². The zero-order valence-electron chi connectivity index (χ0n) is 14.4. The van der Waals surface area contributed by atoms with E-state index in [-0.39, 0.29) is 6.61 Å². The number of guanidine groups is 1. The topological polar surface area (TPSA) is 58.5 Å². The van der Waals surface area contributed by atoms with Gasteiger partial charge in [-0.25, -0.2) is 0 Å². The monoisotopic (exact) mass is 366 g/mol. The fourth-order valence-corrected chi connectivity index (χ4v) is 2.12. The van der Waals surface area contributed by atoms with Crippen molar-refractivity contribution in [2.45, 2.75) is 25.9 Å². The van der Waals surface area contributed by atoms with Gasteiger partial charge in [0.2, 0.25) is 0 Å². The highest BCUT2D eigenvalue weighted by Crippen LogP contribution is 2.15. The first-order chi connectivity index (χ1) is 12.5. The number of nitrogens with one attached hydrogen (secondary N) is 2. The normalized spacial score (nSPS) is 12.1. The fraction of sp³-hybridized carbons (Fsp3) is 0.333. The molecule has 0 aliphatic heterocycles. The van der Waals surface area contributed by atoms with Crippen molar-refractivity contribution in [2.75, 3.05) is 13.7 Å². The Balaban J connectivity index is 1.75. The Hall–Kier alpha value is -2.61. The molecule has 0 spiro atoms. The summed E-state index contributed by atoms with van der Waals surface area (Å²) in [7, 11) is 1.68. The molecule has 0 atom stereocenters.